The van der Waals surface area contributed by atoms with Crippen LogP contribution in [0.4, 0.5) is 0 Å². The van der Waals surface area contributed by atoms with E-state index in [1.54, 1.807) is 6.42 Å². The Morgan fingerprint density at radius 1 is 0.209 bits per heavy atom. The zero-order valence-electron chi connectivity index (χ0n) is 57.6. The van der Waals surface area contributed by atoms with Crippen LogP contribution in [-0.4, -0.2) is 126 Å². The average molecular weight is 1260 g/mol. The van der Waals surface area contributed by atoms with Crippen molar-refractivity contribution in [1.29, 1.82) is 0 Å². The Bertz CT molecular complexity index is 2270. The van der Waals surface area contributed by atoms with Gasteiger partial charge in [0.25, 0.3) is 0 Å². The van der Waals surface area contributed by atoms with E-state index in [1.165, 1.54) is 308 Å². The molecule has 10 nitrogen and oxygen atoms in total. The van der Waals surface area contributed by atoms with E-state index in [2.05, 4.69) is 25.8 Å². The van der Waals surface area contributed by atoms with Gasteiger partial charge in [0.05, 0.1) is 42.7 Å². The van der Waals surface area contributed by atoms with Crippen molar-refractivity contribution in [3.63, 3.8) is 0 Å². The highest BCUT2D eigenvalue weighted by Crippen LogP contribution is 2.64. The van der Waals surface area contributed by atoms with E-state index in [4.69, 9.17) is 23.7 Å². The molecule has 18 aliphatic rings. The maximum Gasteiger partial charge on any atom is 0.111 e. The SMILES string of the molecule is C1CCC2OC(C3CCC(C4CC(C5CCCC(N6C7CCCCC7OC7CCCCC76)C5)C(C5CCCC(N6C7CCCCC7OC7CCCCC76)C5)C(C5CCC(C6NC7CCCCC7O6)CC5)C4C4CCC(C5NC6CCCCC6O5)CC4)CC3)NC2C1. The molecule has 91 heavy (non-hydrogen) atoms. The van der Waals surface area contributed by atoms with Crippen LogP contribution in [0.15, 0.2) is 0 Å². The highest BCUT2D eigenvalue weighted by atomic mass is 16.5. The molecule has 512 valence electrons. The molecule has 0 amide bonds. The van der Waals surface area contributed by atoms with Gasteiger partial charge in [0.2, 0.25) is 0 Å². The zero-order valence-corrected chi connectivity index (χ0v) is 57.6. The third-order valence-corrected chi connectivity index (χ3v) is 32.3. The van der Waals surface area contributed by atoms with Gasteiger partial charge in [-0.2, -0.15) is 0 Å². The first-order valence-electron chi connectivity index (χ1n) is 42.2. The van der Waals surface area contributed by atoms with Crippen molar-refractivity contribution in [1.82, 2.24) is 25.8 Å². The fraction of sp³-hybridized carbons (Fsp3) is 1.00. The molecule has 5 saturated heterocycles. The maximum absolute atomic E-state index is 7.33. The Morgan fingerprint density at radius 3 is 0.923 bits per heavy atom. The number of morpholine rings is 2. The van der Waals surface area contributed by atoms with Crippen LogP contribution in [0.3, 0.4) is 0 Å². The molecule has 13 aliphatic carbocycles. The molecule has 26 unspecified atom stereocenters. The van der Waals surface area contributed by atoms with Gasteiger partial charge in [-0.05, 0) is 276 Å². The van der Waals surface area contributed by atoms with Gasteiger partial charge in [0.15, 0.2) is 0 Å². The van der Waals surface area contributed by atoms with E-state index in [-0.39, 0.29) is 0 Å². The Hall–Kier alpha value is -0.400. The topological polar surface area (TPSA) is 88.7 Å². The molecule has 3 N–H and O–H groups in total. The van der Waals surface area contributed by atoms with Crippen LogP contribution in [0, 0.1) is 76.9 Å². The third-order valence-electron chi connectivity index (χ3n) is 32.3. The van der Waals surface area contributed by atoms with Crippen molar-refractivity contribution in [2.24, 2.45) is 76.9 Å². The van der Waals surface area contributed by atoms with E-state index in [0.29, 0.717) is 121 Å². The number of nitrogens with zero attached hydrogens (tertiary/aromatic N) is 2. The molecule has 5 heterocycles. The lowest BCUT2D eigenvalue weighted by Crippen LogP contribution is -2.66. The first-order valence-corrected chi connectivity index (χ1v) is 42.2. The molecule has 0 spiro atoms. The molecule has 5 aliphatic heterocycles. The molecule has 18 fully saturated rings. The van der Waals surface area contributed by atoms with Crippen molar-refractivity contribution in [3.8, 4) is 0 Å². The fourth-order valence-electron chi connectivity index (χ4n) is 28.4. The number of fused-ring (bicyclic) bond motifs is 7. The van der Waals surface area contributed by atoms with Gasteiger partial charge in [-0.3, -0.25) is 25.8 Å². The number of ether oxygens (including phenoxy) is 5. The number of nitrogens with one attached hydrogen (secondary N) is 3. The fourth-order valence-corrected chi connectivity index (χ4v) is 28.4. The summed E-state index contributed by atoms with van der Waals surface area (Å²) in [6.07, 6.45) is 73.0. The van der Waals surface area contributed by atoms with Crippen LogP contribution < -0.4 is 16.0 Å². The Balaban J connectivity index is 0.716. The highest BCUT2D eigenvalue weighted by Gasteiger charge is 2.60. The second kappa shape index (κ2) is 28.0. The summed E-state index contributed by atoms with van der Waals surface area (Å²) < 4.78 is 36.1. The monoisotopic (exact) mass is 1260 g/mol. The molecule has 0 bridgehead atoms. The first kappa shape index (κ1) is 62.8. The van der Waals surface area contributed by atoms with E-state index in [0.717, 1.165) is 71.3 Å². The van der Waals surface area contributed by atoms with Gasteiger partial charge in [-0.15, -0.1) is 0 Å². The van der Waals surface area contributed by atoms with Crippen LogP contribution in [0.5, 0.6) is 0 Å². The van der Waals surface area contributed by atoms with Crippen LogP contribution in [0.2, 0.25) is 0 Å². The van der Waals surface area contributed by atoms with E-state index in [1.807, 2.05) is 0 Å². The summed E-state index contributed by atoms with van der Waals surface area (Å²) in [5, 5.41) is 12.6. The molecular formula is C81H133N5O5. The Labute approximate surface area is 554 Å². The van der Waals surface area contributed by atoms with Crippen LogP contribution in [0.1, 0.15) is 315 Å². The Kier molecular flexibility index (Phi) is 19.3. The van der Waals surface area contributed by atoms with E-state index in [9.17, 15) is 0 Å². The minimum atomic E-state index is 0.294. The minimum Gasteiger partial charge on any atom is -0.372 e. The van der Waals surface area contributed by atoms with E-state index < -0.39 is 0 Å². The predicted octanol–water partition coefficient (Wildman–Crippen LogP) is 16.7. The second-order valence-corrected chi connectivity index (χ2v) is 36.7. The lowest BCUT2D eigenvalue weighted by Gasteiger charge is -2.62. The quantitative estimate of drug-likeness (QED) is 0.197. The van der Waals surface area contributed by atoms with Crippen molar-refractivity contribution in [3.05, 3.63) is 0 Å². The predicted molar refractivity (Wildman–Crippen MR) is 362 cm³/mol. The molecule has 13 saturated carbocycles. The minimum absolute atomic E-state index is 0.294. The summed E-state index contributed by atoms with van der Waals surface area (Å²) in [7, 11) is 0. The number of rotatable bonds is 10. The molecule has 10 heteroatoms. The van der Waals surface area contributed by atoms with Crippen LogP contribution in [0.25, 0.3) is 0 Å². The lowest BCUT2D eigenvalue weighted by atomic mass is 9.44. The second-order valence-electron chi connectivity index (χ2n) is 36.7. The maximum atomic E-state index is 7.33. The molecule has 26 atom stereocenters. The first-order chi connectivity index (χ1) is 45.1. The summed E-state index contributed by atoms with van der Waals surface area (Å²) in [5.74, 6) is 10.7. The van der Waals surface area contributed by atoms with Gasteiger partial charge in [-0.25, -0.2) is 0 Å². The van der Waals surface area contributed by atoms with Crippen molar-refractivity contribution < 1.29 is 23.7 Å². The summed E-state index contributed by atoms with van der Waals surface area (Å²) >= 11 is 0. The lowest BCUT2D eigenvalue weighted by molar-refractivity contribution is -0.196. The van der Waals surface area contributed by atoms with Gasteiger partial charge >= 0.3 is 0 Å². The zero-order chi connectivity index (χ0) is 59.9. The Morgan fingerprint density at radius 2 is 0.516 bits per heavy atom. The largest absolute Gasteiger partial charge is 0.372 e. The normalized spacial score (nSPS) is 54.2. The van der Waals surface area contributed by atoms with Crippen molar-refractivity contribution in [2.75, 3.05) is 0 Å². The summed E-state index contributed by atoms with van der Waals surface area (Å²) in [6, 6.07) is 6.00. The van der Waals surface area contributed by atoms with Crippen molar-refractivity contribution >= 4 is 0 Å². The van der Waals surface area contributed by atoms with E-state index >= 15 is 0 Å². The molecule has 0 aromatic rings. The van der Waals surface area contributed by atoms with Crippen molar-refractivity contribution in [2.45, 2.75) is 430 Å². The molecule has 0 aromatic carbocycles. The molecule has 0 aromatic heterocycles. The van der Waals surface area contributed by atoms with Crippen LogP contribution in [-0.2, 0) is 23.7 Å². The van der Waals surface area contributed by atoms with Gasteiger partial charge in [0.1, 0.15) is 18.7 Å². The smallest absolute Gasteiger partial charge is 0.111 e. The van der Waals surface area contributed by atoms with Crippen LogP contribution >= 0.6 is 0 Å². The summed E-state index contributed by atoms with van der Waals surface area (Å²) in [4.78, 5) is 6.70. The standard InChI is InChI=1S/C81H133N5O5/c1-8-28-69-62(21-1)82-79(89-69)53-41-35-50(36-42-53)60-49-61(56-17-15-19-58(47-56)85-65-24-4-11-31-72(65)87-73-32-12-5-25-66(73)85)77(57-18-16-20-59(48-57)86-67-26-6-13-33-74(67)88-75-34-14-7-27-68(75)86)78(52-39-45-55(46-40-52)81-84-64-23-3-10-30-71(64)91-81)76(60)51-37-43-54(44-38-51)80-83-63-22-2-9-29-70(63)90-80/h50-84H,1-49H2. The molecule has 18 rings (SSSR count). The molecular weight excluding hydrogens is 1120 g/mol. The van der Waals surface area contributed by atoms with Gasteiger partial charge in [0, 0.05) is 54.4 Å². The molecule has 0 radical (unpaired) electrons. The average Bonchev–Trinajstić information content (AvgIpc) is 1.39. The summed E-state index contributed by atoms with van der Waals surface area (Å²) in [6.45, 7) is 0. The number of hydrogen-bond acceptors (Lipinski definition) is 10. The summed E-state index contributed by atoms with van der Waals surface area (Å²) in [5.41, 5.74) is 0. The highest BCUT2D eigenvalue weighted by molar-refractivity contribution is 5.10. The third kappa shape index (κ3) is 12.5. The number of hydrogen-bond donors (Lipinski definition) is 3. The van der Waals surface area contributed by atoms with Gasteiger partial charge in [-0.1, -0.05) is 116 Å². The van der Waals surface area contributed by atoms with Gasteiger partial charge < -0.3 is 23.7 Å².